The molecule has 0 bridgehead atoms. The summed E-state index contributed by atoms with van der Waals surface area (Å²) in [5.41, 5.74) is 6.67. The zero-order chi connectivity index (χ0) is 15.3. The van der Waals surface area contributed by atoms with Crippen molar-refractivity contribution in [3.8, 4) is 0 Å². The number of carbonyl (C=O) groups excluding carboxylic acids is 1. The Morgan fingerprint density at radius 3 is 2.60 bits per heavy atom. The van der Waals surface area contributed by atoms with E-state index in [0.29, 0.717) is 22.5 Å². The fourth-order valence-electron chi connectivity index (χ4n) is 2.06. The summed E-state index contributed by atoms with van der Waals surface area (Å²) in [5, 5.41) is 7.14. The Bertz CT molecular complexity index is 460. The Morgan fingerprint density at radius 2 is 2.10 bits per heavy atom. The molecule has 0 fully saturated rings. The molecule has 0 saturated heterocycles. The van der Waals surface area contributed by atoms with Crippen molar-refractivity contribution in [1.82, 2.24) is 5.32 Å². The number of nitrogen functional groups attached to an aromatic ring is 1. The van der Waals surface area contributed by atoms with Crippen LogP contribution in [0.3, 0.4) is 0 Å². The third-order valence-corrected chi connectivity index (χ3v) is 5.46. The quantitative estimate of drug-likeness (QED) is 0.672. The van der Waals surface area contributed by atoms with E-state index in [1.807, 2.05) is 6.26 Å². The van der Waals surface area contributed by atoms with E-state index in [4.69, 9.17) is 5.73 Å². The molecule has 0 aliphatic heterocycles. The second-order valence-corrected chi connectivity index (χ2v) is 6.92. The normalized spacial score (nSPS) is 13.8. The standard InChI is InChI=1S/C14H25N3OS2/c1-6-8(2)7-9(3)17-14-12(19-5)10(15)11(20-14)13(18)16-4/h8-9,17H,6-7,15H2,1-5H3,(H,16,18). The molecule has 1 rings (SSSR count). The van der Waals surface area contributed by atoms with Crippen LogP contribution in [0.4, 0.5) is 10.7 Å². The zero-order valence-electron chi connectivity index (χ0n) is 12.9. The predicted molar refractivity (Wildman–Crippen MR) is 91.1 cm³/mol. The zero-order valence-corrected chi connectivity index (χ0v) is 14.5. The maximum Gasteiger partial charge on any atom is 0.263 e. The average molecular weight is 316 g/mol. The van der Waals surface area contributed by atoms with Crippen LogP contribution in [0, 0.1) is 5.92 Å². The van der Waals surface area contributed by atoms with Gasteiger partial charge in [0.2, 0.25) is 0 Å². The van der Waals surface area contributed by atoms with Crippen LogP contribution in [-0.4, -0.2) is 25.3 Å². The van der Waals surface area contributed by atoms with Crippen LogP contribution in [0.15, 0.2) is 4.90 Å². The van der Waals surface area contributed by atoms with E-state index in [-0.39, 0.29) is 5.91 Å². The Balaban J connectivity index is 2.92. The van der Waals surface area contributed by atoms with Gasteiger partial charge in [-0.25, -0.2) is 0 Å². The summed E-state index contributed by atoms with van der Waals surface area (Å²) in [6.45, 7) is 6.63. The minimum Gasteiger partial charge on any atom is -0.396 e. The van der Waals surface area contributed by atoms with Crippen molar-refractivity contribution < 1.29 is 4.79 Å². The monoisotopic (exact) mass is 315 g/mol. The van der Waals surface area contributed by atoms with Gasteiger partial charge < -0.3 is 16.4 Å². The van der Waals surface area contributed by atoms with Crippen molar-refractivity contribution in [1.29, 1.82) is 0 Å². The van der Waals surface area contributed by atoms with Gasteiger partial charge in [0.05, 0.1) is 10.6 Å². The molecule has 6 heteroatoms. The van der Waals surface area contributed by atoms with Gasteiger partial charge in [-0.15, -0.1) is 23.1 Å². The van der Waals surface area contributed by atoms with Gasteiger partial charge in [-0.05, 0) is 25.5 Å². The smallest absolute Gasteiger partial charge is 0.263 e. The molecule has 4 nitrogen and oxygen atoms in total. The van der Waals surface area contributed by atoms with Crippen molar-refractivity contribution >= 4 is 39.7 Å². The average Bonchev–Trinajstić information content (AvgIpc) is 2.73. The minimum absolute atomic E-state index is 0.120. The predicted octanol–water partition coefficient (Wildman–Crippen LogP) is 3.65. The Hall–Kier alpha value is -0.880. The second kappa shape index (κ2) is 7.78. The van der Waals surface area contributed by atoms with Crippen molar-refractivity contribution in [3.05, 3.63) is 4.88 Å². The molecule has 0 saturated carbocycles. The lowest BCUT2D eigenvalue weighted by Crippen LogP contribution is -2.18. The highest BCUT2D eigenvalue weighted by Crippen LogP contribution is 2.42. The van der Waals surface area contributed by atoms with Crippen molar-refractivity contribution in [2.75, 3.05) is 24.4 Å². The van der Waals surface area contributed by atoms with Crippen molar-refractivity contribution in [2.45, 2.75) is 44.6 Å². The number of hydrogen-bond acceptors (Lipinski definition) is 5. The number of thiophene rings is 1. The first kappa shape index (κ1) is 17.2. The number of amides is 1. The SMILES string of the molecule is CCC(C)CC(C)Nc1sc(C(=O)NC)c(N)c1SC. The van der Waals surface area contributed by atoms with Gasteiger partial charge in [-0.1, -0.05) is 20.3 Å². The highest BCUT2D eigenvalue weighted by Gasteiger charge is 2.21. The molecule has 0 aliphatic carbocycles. The molecule has 20 heavy (non-hydrogen) atoms. The van der Waals surface area contributed by atoms with E-state index in [2.05, 4.69) is 31.4 Å². The number of carbonyl (C=O) groups is 1. The lowest BCUT2D eigenvalue weighted by molar-refractivity contribution is 0.0968. The van der Waals surface area contributed by atoms with Crippen LogP contribution in [0.5, 0.6) is 0 Å². The van der Waals surface area contributed by atoms with Crippen LogP contribution in [0.2, 0.25) is 0 Å². The van der Waals surface area contributed by atoms with Crippen LogP contribution >= 0.6 is 23.1 Å². The molecule has 0 aliphatic rings. The highest BCUT2D eigenvalue weighted by atomic mass is 32.2. The molecule has 1 aromatic heterocycles. The second-order valence-electron chi connectivity index (χ2n) is 5.08. The van der Waals surface area contributed by atoms with Crippen LogP contribution in [0.25, 0.3) is 0 Å². The third-order valence-electron chi connectivity index (χ3n) is 3.37. The molecule has 1 amide bonds. The Kier molecular flexibility index (Phi) is 6.68. The minimum atomic E-state index is -0.120. The maximum absolute atomic E-state index is 11.8. The first-order valence-electron chi connectivity index (χ1n) is 6.89. The number of nitrogens with two attached hydrogens (primary N) is 1. The van der Waals surface area contributed by atoms with Crippen LogP contribution in [-0.2, 0) is 0 Å². The van der Waals surface area contributed by atoms with E-state index in [0.717, 1.165) is 16.3 Å². The molecule has 4 N–H and O–H groups in total. The molecular formula is C14H25N3OS2. The number of rotatable bonds is 7. The summed E-state index contributed by atoms with van der Waals surface area (Å²) in [7, 11) is 1.62. The van der Waals surface area contributed by atoms with Gasteiger partial charge in [0.25, 0.3) is 5.91 Å². The van der Waals surface area contributed by atoms with E-state index in [1.54, 1.807) is 18.8 Å². The summed E-state index contributed by atoms with van der Waals surface area (Å²) < 4.78 is 0. The molecule has 1 aromatic rings. The number of anilines is 2. The largest absolute Gasteiger partial charge is 0.396 e. The third kappa shape index (κ3) is 4.06. The highest BCUT2D eigenvalue weighted by molar-refractivity contribution is 7.99. The molecule has 1 heterocycles. The summed E-state index contributed by atoms with van der Waals surface area (Å²) in [6, 6.07) is 0.367. The fourth-order valence-corrected chi connectivity index (χ4v) is 4.14. The number of thioether (sulfide) groups is 1. The van der Waals surface area contributed by atoms with Gasteiger partial charge in [0.15, 0.2) is 0 Å². The topological polar surface area (TPSA) is 67.2 Å². The summed E-state index contributed by atoms with van der Waals surface area (Å²) in [5.74, 6) is 0.566. The van der Waals surface area contributed by atoms with Crippen molar-refractivity contribution in [3.63, 3.8) is 0 Å². The fraction of sp³-hybridized carbons (Fsp3) is 0.643. The molecule has 2 atom stereocenters. The molecular weight excluding hydrogens is 290 g/mol. The van der Waals surface area contributed by atoms with E-state index < -0.39 is 0 Å². The van der Waals surface area contributed by atoms with Crippen LogP contribution < -0.4 is 16.4 Å². The Morgan fingerprint density at radius 1 is 1.45 bits per heavy atom. The van der Waals surface area contributed by atoms with Gasteiger partial charge >= 0.3 is 0 Å². The summed E-state index contributed by atoms with van der Waals surface area (Å²) >= 11 is 3.02. The van der Waals surface area contributed by atoms with Crippen LogP contribution in [0.1, 0.15) is 43.3 Å². The van der Waals surface area contributed by atoms with Crippen molar-refractivity contribution in [2.24, 2.45) is 5.92 Å². The molecule has 0 spiro atoms. The van der Waals surface area contributed by atoms with Gasteiger partial charge in [-0.2, -0.15) is 0 Å². The van der Waals surface area contributed by atoms with E-state index in [1.165, 1.54) is 17.8 Å². The number of nitrogens with one attached hydrogen (secondary N) is 2. The lowest BCUT2D eigenvalue weighted by Gasteiger charge is -2.18. The summed E-state index contributed by atoms with van der Waals surface area (Å²) in [4.78, 5) is 13.4. The molecule has 2 unspecified atom stereocenters. The number of hydrogen-bond donors (Lipinski definition) is 3. The van der Waals surface area contributed by atoms with Gasteiger partial charge in [0.1, 0.15) is 9.88 Å². The molecule has 0 radical (unpaired) electrons. The molecule has 0 aromatic carbocycles. The van der Waals surface area contributed by atoms with E-state index in [9.17, 15) is 4.79 Å². The molecule has 114 valence electrons. The summed E-state index contributed by atoms with van der Waals surface area (Å²) in [6.07, 6.45) is 4.27. The maximum atomic E-state index is 11.8. The Labute approximate surface area is 129 Å². The first-order valence-corrected chi connectivity index (χ1v) is 8.93. The lowest BCUT2D eigenvalue weighted by atomic mass is 10.0. The van der Waals surface area contributed by atoms with Gasteiger partial charge in [0, 0.05) is 13.1 Å². The first-order chi connectivity index (χ1) is 9.44. The van der Waals surface area contributed by atoms with E-state index >= 15 is 0 Å². The van der Waals surface area contributed by atoms with Gasteiger partial charge in [-0.3, -0.25) is 4.79 Å².